The molecule has 1 aromatic rings. The maximum absolute atomic E-state index is 12.8. The third kappa shape index (κ3) is 2.33. The van der Waals surface area contributed by atoms with Crippen LogP contribution in [0.3, 0.4) is 0 Å². The molecule has 19 heavy (non-hydrogen) atoms. The average molecular weight is 276 g/mol. The summed E-state index contributed by atoms with van der Waals surface area (Å²) in [6, 6.07) is 1.61. The molecule has 1 aromatic heterocycles. The van der Waals surface area contributed by atoms with E-state index >= 15 is 0 Å². The summed E-state index contributed by atoms with van der Waals surface area (Å²) in [5.41, 5.74) is -2.64. The van der Waals surface area contributed by atoms with E-state index in [-0.39, 0.29) is 5.01 Å². The Balaban J connectivity index is 2.16. The van der Waals surface area contributed by atoms with E-state index in [1.165, 1.54) is 10.9 Å². The molecule has 2 heterocycles. The summed E-state index contributed by atoms with van der Waals surface area (Å²) in [6.45, 7) is 1.25. The minimum absolute atomic E-state index is 0.0595. The van der Waals surface area contributed by atoms with Crippen LogP contribution in [0.25, 0.3) is 0 Å². The first-order chi connectivity index (χ1) is 8.74. The molecular weight excluding hydrogens is 265 g/mol. The number of alkyl halides is 3. The Morgan fingerprint density at radius 1 is 1.58 bits per heavy atom. The van der Waals surface area contributed by atoms with E-state index in [2.05, 4.69) is 10.2 Å². The predicted molar refractivity (Wildman–Crippen MR) is 57.9 cm³/mol. The van der Waals surface area contributed by atoms with Gasteiger partial charge < -0.3 is 5.11 Å². The largest absolute Gasteiger partial charge is 0.438 e. The summed E-state index contributed by atoms with van der Waals surface area (Å²) in [7, 11) is 0. The topological polar surface area (TPSA) is 70.7 Å². The van der Waals surface area contributed by atoms with Crippen LogP contribution in [0.1, 0.15) is 12.1 Å². The van der Waals surface area contributed by atoms with Gasteiger partial charge in [-0.05, 0) is 13.0 Å². The Kier molecular flexibility index (Phi) is 3.09. The minimum Gasteiger partial charge on any atom is -0.362 e. The molecule has 1 atom stereocenters. The first-order valence-corrected chi connectivity index (χ1v) is 5.39. The van der Waals surface area contributed by atoms with Crippen molar-refractivity contribution in [2.45, 2.75) is 31.8 Å². The van der Waals surface area contributed by atoms with Crippen molar-refractivity contribution >= 4 is 12.1 Å². The molecule has 0 saturated carbocycles. The molecule has 104 valence electrons. The van der Waals surface area contributed by atoms with Gasteiger partial charge in [-0.2, -0.15) is 28.4 Å². The SMILES string of the molecule is Cc1ccn(CC(=O)N2N=CC[C@]2(O)C(F)(F)F)n1. The molecule has 0 bridgehead atoms. The van der Waals surface area contributed by atoms with E-state index < -0.39 is 30.8 Å². The molecule has 9 heteroatoms. The lowest BCUT2D eigenvalue weighted by Gasteiger charge is -2.32. The molecule has 1 aliphatic heterocycles. The van der Waals surface area contributed by atoms with Gasteiger partial charge >= 0.3 is 6.18 Å². The second-order valence-corrected chi connectivity index (χ2v) is 4.18. The maximum atomic E-state index is 12.8. The Morgan fingerprint density at radius 3 is 2.79 bits per heavy atom. The summed E-state index contributed by atoms with van der Waals surface area (Å²) in [5.74, 6) is -0.989. The van der Waals surface area contributed by atoms with Gasteiger partial charge in [-0.15, -0.1) is 0 Å². The number of aromatic nitrogens is 2. The highest BCUT2D eigenvalue weighted by Gasteiger charge is 2.61. The fraction of sp³-hybridized carbons (Fsp3) is 0.500. The van der Waals surface area contributed by atoms with Gasteiger partial charge in [0.05, 0.1) is 5.69 Å². The second kappa shape index (κ2) is 4.34. The van der Waals surface area contributed by atoms with Crippen LogP contribution in [-0.2, 0) is 11.3 Å². The van der Waals surface area contributed by atoms with E-state index in [4.69, 9.17) is 0 Å². The lowest BCUT2D eigenvalue weighted by atomic mass is 10.1. The van der Waals surface area contributed by atoms with Gasteiger partial charge in [0, 0.05) is 18.8 Å². The van der Waals surface area contributed by atoms with Gasteiger partial charge in [0.1, 0.15) is 6.54 Å². The van der Waals surface area contributed by atoms with Crippen LogP contribution in [0.5, 0.6) is 0 Å². The van der Waals surface area contributed by atoms with Crippen LogP contribution in [-0.4, -0.2) is 43.9 Å². The zero-order valence-electron chi connectivity index (χ0n) is 9.92. The number of carbonyl (C=O) groups is 1. The molecule has 2 rings (SSSR count). The number of aliphatic hydroxyl groups is 1. The molecule has 0 unspecified atom stereocenters. The third-order valence-electron chi connectivity index (χ3n) is 2.68. The highest BCUT2D eigenvalue weighted by molar-refractivity contribution is 5.80. The Morgan fingerprint density at radius 2 is 2.26 bits per heavy atom. The van der Waals surface area contributed by atoms with E-state index in [1.807, 2.05) is 0 Å². The number of rotatable bonds is 2. The van der Waals surface area contributed by atoms with Crippen molar-refractivity contribution in [3.8, 4) is 0 Å². The Labute approximate surface area is 106 Å². The Bertz CT molecular complexity index is 525. The van der Waals surface area contributed by atoms with Crippen molar-refractivity contribution in [1.82, 2.24) is 14.8 Å². The van der Waals surface area contributed by atoms with Crippen LogP contribution < -0.4 is 0 Å². The molecule has 1 amide bonds. The molecule has 0 saturated heterocycles. The van der Waals surface area contributed by atoms with Crippen LogP contribution in [0.2, 0.25) is 0 Å². The van der Waals surface area contributed by atoms with Gasteiger partial charge in [-0.3, -0.25) is 9.48 Å². The highest BCUT2D eigenvalue weighted by Crippen LogP contribution is 2.38. The molecule has 0 fully saturated rings. The standard InChI is InChI=1S/C10H11F3N4O2/c1-7-2-5-16(15-7)6-8(18)17-9(19,3-4-14-17)10(11,12)13/h2,4-5,19H,3,6H2,1H3/t9-/m0/s1. The molecule has 0 radical (unpaired) electrons. The predicted octanol–water partition coefficient (Wildman–Crippen LogP) is 0.661. The number of carbonyl (C=O) groups excluding carboxylic acids is 1. The normalized spacial score (nSPS) is 23.1. The number of hydrazone groups is 1. The maximum Gasteiger partial charge on any atom is 0.438 e. The molecule has 1 N–H and O–H groups in total. The first-order valence-electron chi connectivity index (χ1n) is 5.39. The molecular formula is C10H11F3N4O2. The van der Waals surface area contributed by atoms with Crippen molar-refractivity contribution in [3.05, 3.63) is 18.0 Å². The van der Waals surface area contributed by atoms with E-state index in [0.29, 0.717) is 5.69 Å². The lowest BCUT2D eigenvalue weighted by Crippen LogP contribution is -2.57. The monoisotopic (exact) mass is 276 g/mol. The van der Waals surface area contributed by atoms with Crippen LogP contribution >= 0.6 is 0 Å². The van der Waals surface area contributed by atoms with Crippen LogP contribution in [0, 0.1) is 6.92 Å². The summed E-state index contributed by atoms with van der Waals surface area (Å²) in [5, 5.41) is 16.8. The summed E-state index contributed by atoms with van der Waals surface area (Å²) in [4.78, 5) is 11.8. The summed E-state index contributed by atoms with van der Waals surface area (Å²) < 4.78 is 39.4. The lowest BCUT2D eigenvalue weighted by molar-refractivity contribution is -0.302. The number of hydrogen-bond acceptors (Lipinski definition) is 4. The van der Waals surface area contributed by atoms with Crippen molar-refractivity contribution in [2.24, 2.45) is 5.10 Å². The van der Waals surface area contributed by atoms with E-state index in [0.717, 1.165) is 6.21 Å². The zero-order valence-corrected chi connectivity index (χ0v) is 9.92. The van der Waals surface area contributed by atoms with Gasteiger partial charge in [-0.25, -0.2) is 0 Å². The van der Waals surface area contributed by atoms with Crippen molar-refractivity contribution in [3.63, 3.8) is 0 Å². The van der Waals surface area contributed by atoms with Crippen molar-refractivity contribution in [2.75, 3.05) is 0 Å². The number of halogens is 3. The third-order valence-corrected chi connectivity index (χ3v) is 2.68. The molecule has 0 aliphatic carbocycles. The number of hydrogen-bond donors (Lipinski definition) is 1. The fourth-order valence-electron chi connectivity index (χ4n) is 1.70. The number of aryl methyl sites for hydroxylation is 1. The van der Waals surface area contributed by atoms with Gasteiger partial charge in [-0.1, -0.05) is 0 Å². The second-order valence-electron chi connectivity index (χ2n) is 4.18. The Hall–Kier alpha value is -1.90. The molecule has 0 aromatic carbocycles. The van der Waals surface area contributed by atoms with Crippen molar-refractivity contribution in [1.29, 1.82) is 0 Å². The molecule has 0 spiro atoms. The smallest absolute Gasteiger partial charge is 0.362 e. The molecule has 6 nitrogen and oxygen atoms in total. The number of nitrogens with zero attached hydrogens (tertiary/aromatic N) is 4. The van der Waals surface area contributed by atoms with Gasteiger partial charge in [0.2, 0.25) is 0 Å². The average Bonchev–Trinajstić information content (AvgIpc) is 2.85. The van der Waals surface area contributed by atoms with E-state index in [9.17, 15) is 23.1 Å². The van der Waals surface area contributed by atoms with Gasteiger partial charge in [0.15, 0.2) is 0 Å². The summed E-state index contributed by atoms with van der Waals surface area (Å²) in [6.07, 6.45) is -3.43. The van der Waals surface area contributed by atoms with Gasteiger partial charge in [0.25, 0.3) is 11.6 Å². The quantitative estimate of drug-likeness (QED) is 0.862. The first kappa shape index (κ1) is 13.5. The van der Waals surface area contributed by atoms with Crippen LogP contribution in [0.4, 0.5) is 13.2 Å². The minimum atomic E-state index is -4.97. The highest BCUT2D eigenvalue weighted by atomic mass is 19.4. The summed E-state index contributed by atoms with van der Waals surface area (Å²) >= 11 is 0. The number of amides is 1. The zero-order chi connectivity index (χ0) is 14.3. The fourth-order valence-corrected chi connectivity index (χ4v) is 1.70. The van der Waals surface area contributed by atoms with Crippen molar-refractivity contribution < 1.29 is 23.1 Å². The van der Waals surface area contributed by atoms with E-state index in [1.54, 1.807) is 13.0 Å². The van der Waals surface area contributed by atoms with Crippen LogP contribution in [0.15, 0.2) is 17.4 Å². The molecule has 1 aliphatic rings.